The number of aromatic nitrogens is 6. The number of nitrogens with zero attached hydrogens (tertiary/aromatic N) is 9. The summed E-state index contributed by atoms with van der Waals surface area (Å²) in [5.74, 6) is 1.40. The molecule has 0 spiro atoms. The van der Waals surface area contributed by atoms with Crippen molar-refractivity contribution in [2.45, 2.75) is 102 Å². The van der Waals surface area contributed by atoms with E-state index in [1.54, 1.807) is 54.1 Å². The molecule has 0 radical (unpaired) electrons. The van der Waals surface area contributed by atoms with Crippen molar-refractivity contribution < 1.29 is 59.6 Å². The fraction of sp³-hybridized carbons (Fsp3) is 0.436. The lowest BCUT2D eigenvalue weighted by atomic mass is 10.0. The van der Waals surface area contributed by atoms with Crippen molar-refractivity contribution in [1.82, 2.24) is 29.9 Å². The first-order valence-corrected chi connectivity index (χ1v) is 26.1. The number of alkyl halides is 6. The first-order chi connectivity index (χ1) is 38.1. The van der Waals surface area contributed by atoms with E-state index in [1.165, 1.54) is 24.4 Å². The molecular weight excluding hydrogens is 1180 g/mol. The van der Waals surface area contributed by atoms with Gasteiger partial charge in [-0.25, -0.2) is 24.7 Å². The van der Waals surface area contributed by atoms with Crippen LogP contribution in [0.4, 0.5) is 65.5 Å². The van der Waals surface area contributed by atoms with Crippen LogP contribution in [0.2, 0.25) is 0 Å². The Balaban J connectivity index is 0.000000222. The molecule has 6 aliphatic rings. The number of ether oxygens (including phenoxy) is 6. The van der Waals surface area contributed by atoms with Crippen molar-refractivity contribution >= 4 is 94.4 Å². The molecule has 19 nitrogen and oxygen atoms in total. The fourth-order valence-corrected chi connectivity index (χ4v) is 10.1. The number of halogens is 6. The van der Waals surface area contributed by atoms with Gasteiger partial charge in [0.05, 0.1) is 90.3 Å². The summed E-state index contributed by atoms with van der Waals surface area (Å²) >= 11 is 0. The average molecular weight is 1250 g/mol. The molecule has 4 N–H and O–H groups in total. The van der Waals surface area contributed by atoms with Crippen LogP contribution in [0.5, 0.6) is 11.5 Å². The van der Waals surface area contributed by atoms with Gasteiger partial charge in [0.1, 0.15) is 36.9 Å². The molecule has 2 aromatic carbocycles. The highest BCUT2D eigenvalue weighted by molar-refractivity contribution is 7.59. The minimum atomic E-state index is -4.50. The molecule has 29 heteroatoms. The Labute approximate surface area is 509 Å². The molecule has 0 unspecified atom stereocenters. The molecule has 6 aliphatic heterocycles. The maximum Gasteiger partial charge on any atom is 0.416 e. The molecule has 6 aromatic rings. The highest BCUT2D eigenvalue weighted by Crippen LogP contribution is 2.41. The Morgan fingerprint density at radius 2 is 1.23 bits per heavy atom. The van der Waals surface area contributed by atoms with E-state index in [4.69, 9.17) is 34.2 Å². The molecule has 4 atom stereocenters. The summed E-state index contributed by atoms with van der Waals surface area (Å²) in [6.07, 6.45) is 4.21. The lowest BCUT2D eigenvalue weighted by Crippen LogP contribution is -2.56. The molecule has 84 heavy (non-hydrogen) atoms. The van der Waals surface area contributed by atoms with Crippen molar-refractivity contribution in [2.75, 3.05) is 83.7 Å². The van der Waals surface area contributed by atoms with Crippen LogP contribution in [-0.4, -0.2) is 124 Å². The third-order valence-corrected chi connectivity index (χ3v) is 13.8. The van der Waals surface area contributed by atoms with Gasteiger partial charge in [-0.15, -0.1) is 0 Å². The van der Waals surface area contributed by atoms with Gasteiger partial charge in [0.25, 0.3) is 0 Å². The largest absolute Gasteiger partial charge is 0.489 e. The molecule has 4 bridgehead atoms. The number of piperidine rings is 2. The van der Waals surface area contributed by atoms with Gasteiger partial charge in [0.2, 0.25) is 0 Å². The number of anilines is 6. The second-order valence-electron chi connectivity index (χ2n) is 20.8. The normalized spacial score (nSPS) is 20.3. The number of benzene rings is 2. The van der Waals surface area contributed by atoms with Crippen LogP contribution in [0.25, 0.3) is 22.8 Å². The average Bonchev–Trinajstić information content (AvgIpc) is 4.03. The van der Waals surface area contributed by atoms with Crippen molar-refractivity contribution in [2.24, 2.45) is 0 Å². The fourth-order valence-electron chi connectivity index (χ4n) is 10.1. The van der Waals surface area contributed by atoms with Crippen LogP contribution in [0, 0.1) is 0 Å². The maximum atomic E-state index is 13.7. The van der Waals surface area contributed by atoms with Crippen LogP contribution >= 0.6 is 54.0 Å². The summed E-state index contributed by atoms with van der Waals surface area (Å²) in [4.78, 5) is 45.4. The smallest absolute Gasteiger partial charge is 0.416 e. The number of fused-ring (bicyclic) bond motifs is 8. The number of hydrogen-bond acceptors (Lipinski definition) is 17. The number of nitrogens with two attached hydrogens (primary N) is 1. The molecule has 456 valence electrons. The zero-order chi connectivity index (χ0) is 56.4. The summed E-state index contributed by atoms with van der Waals surface area (Å²) in [5.41, 5.74) is 7.27. The van der Waals surface area contributed by atoms with Crippen LogP contribution in [0.1, 0.15) is 64.5 Å². The Hall–Kier alpha value is -6.21. The first-order valence-electron chi connectivity index (χ1n) is 26.1. The summed E-state index contributed by atoms with van der Waals surface area (Å²) < 4.78 is 112. The van der Waals surface area contributed by atoms with Crippen molar-refractivity contribution in [3.05, 3.63) is 109 Å². The number of nitrogen functional groups attached to an aromatic ring is 1. The minimum absolute atomic E-state index is 0. The van der Waals surface area contributed by atoms with Crippen LogP contribution < -0.4 is 40.5 Å². The van der Waals surface area contributed by atoms with Crippen molar-refractivity contribution in [1.29, 1.82) is 0 Å². The first kappa shape index (κ1) is 66.9. The van der Waals surface area contributed by atoms with E-state index in [0.29, 0.717) is 84.0 Å². The number of carbonyl (C=O) groups is 1. The van der Waals surface area contributed by atoms with Crippen molar-refractivity contribution in [3.8, 4) is 34.3 Å². The number of rotatable bonds is 9. The van der Waals surface area contributed by atoms with Gasteiger partial charge in [-0.05, 0) is 77.6 Å². The van der Waals surface area contributed by atoms with E-state index in [9.17, 15) is 31.1 Å². The summed E-state index contributed by atoms with van der Waals surface area (Å²) in [6.45, 7) is 12.4. The molecule has 4 fully saturated rings. The number of nitrogens with one attached hydrogen (secondary N) is 2. The highest BCUT2D eigenvalue weighted by Gasteiger charge is 2.40. The molecule has 0 saturated carbocycles. The summed E-state index contributed by atoms with van der Waals surface area (Å²) in [7, 11) is 0. The lowest BCUT2D eigenvalue weighted by Gasteiger charge is -2.45. The number of pyridine rings is 2. The van der Waals surface area contributed by atoms with Crippen molar-refractivity contribution in [3.63, 3.8) is 0 Å². The van der Waals surface area contributed by atoms with Gasteiger partial charge in [-0.3, -0.25) is 14.9 Å². The van der Waals surface area contributed by atoms with E-state index >= 15 is 0 Å². The summed E-state index contributed by atoms with van der Waals surface area (Å²) in [5, 5.41) is 6.25. The number of amides is 2. The monoisotopic (exact) mass is 1250 g/mol. The standard InChI is InChI=1S/C28H29F3N6O4.C16H15F3N4.C11H16N2O3.4H2S/c1-27(2)40-16-22(41-27)15-39-21-10-19(11-32-12-21)34-26(38)37-20-7-4-8-36(14-20)23-13-33-24(35-25(23)37)17-5-3-6-18(9-17)28(29,30)31;17-16(18,19)11-4-1-3-10(7-11)14-20-8-13-15(22-14)21-12-5-2-6-23(13)9-12;1-11(2)15-7-10(16-11)6-14-9-3-8(12)4-13-5-9;;;;/h3,5-6,9-13,20,22H,4,7-8,14-16H2,1-2H3,(H,34,38);1,3-4,7-8,12H,2,5-6,9H2,(H,20,21,22);3-5,10H,6-7,12H2,1-2H3;4*1H2/t20-,22-;12-;10-;;;;/m000..../s1. The predicted molar refractivity (Wildman–Crippen MR) is 326 cm³/mol. The molecule has 10 heterocycles. The molecule has 12 rings (SSSR count). The number of carbonyl (C=O) groups excluding carboxylic acids is 1. The zero-order valence-corrected chi connectivity index (χ0v) is 50.3. The third-order valence-electron chi connectivity index (χ3n) is 13.8. The maximum absolute atomic E-state index is 13.7. The number of hydrogen-bond donors (Lipinski definition) is 3. The van der Waals surface area contributed by atoms with Gasteiger partial charge < -0.3 is 54.6 Å². The van der Waals surface area contributed by atoms with Crippen LogP contribution in [0.3, 0.4) is 0 Å². The Morgan fingerprint density at radius 1 is 0.690 bits per heavy atom. The van der Waals surface area contributed by atoms with E-state index in [1.807, 2.05) is 27.7 Å². The Bertz CT molecular complexity index is 3200. The lowest BCUT2D eigenvalue weighted by molar-refractivity contribution is -0.141. The topological polar surface area (TPSA) is 210 Å². The molecule has 4 aromatic heterocycles. The van der Waals surface area contributed by atoms with E-state index in [0.717, 1.165) is 75.3 Å². The second kappa shape index (κ2) is 27.9. The van der Waals surface area contributed by atoms with Gasteiger partial charge in [-0.2, -0.15) is 80.3 Å². The highest BCUT2D eigenvalue weighted by atomic mass is 32.1. The summed E-state index contributed by atoms with van der Waals surface area (Å²) in [6, 6.07) is 13.1. The number of urea groups is 1. The predicted octanol–water partition coefficient (Wildman–Crippen LogP) is 10.3. The van der Waals surface area contributed by atoms with Gasteiger partial charge in [-0.1, -0.05) is 24.3 Å². The Kier molecular flexibility index (Phi) is 22.2. The van der Waals surface area contributed by atoms with Gasteiger partial charge in [0, 0.05) is 55.5 Å². The molecule has 0 aliphatic carbocycles. The SMILES string of the molecule is CC1(C)OC[C@H](COc2cncc(N)c2)O1.CC1(C)OC[C@H](COc2cncc(NC(=O)N3c4nc(-c5cccc(C(F)(F)F)c5)ncc4N4CCC[C@H]3C4)c2)O1.FC(F)(F)c1cccc(-c2ncc3c(n2)N[C@H]2CCCN3C2)c1.S.S.S.S. The van der Waals surface area contributed by atoms with Crippen LogP contribution in [0.15, 0.2) is 97.8 Å². The Morgan fingerprint density at radius 3 is 1.79 bits per heavy atom. The van der Waals surface area contributed by atoms with Crippen LogP contribution in [-0.2, 0) is 31.3 Å². The third kappa shape index (κ3) is 16.6. The molecule has 2 amide bonds. The molecule has 4 saturated heterocycles. The quantitative estimate of drug-likeness (QED) is 0.115. The van der Waals surface area contributed by atoms with E-state index < -0.39 is 41.1 Å². The van der Waals surface area contributed by atoms with Gasteiger partial charge >= 0.3 is 18.4 Å². The minimum Gasteiger partial charge on any atom is -0.489 e. The zero-order valence-electron chi connectivity index (χ0n) is 46.3. The molecular formula is C55H68F6N12O7S4. The van der Waals surface area contributed by atoms with Gasteiger partial charge in [0.15, 0.2) is 34.9 Å². The second-order valence-corrected chi connectivity index (χ2v) is 20.8. The van der Waals surface area contributed by atoms with E-state index in [2.05, 4.69) is 50.3 Å². The van der Waals surface area contributed by atoms with E-state index in [-0.39, 0.29) is 90.2 Å².